The Kier molecular flexibility index (Phi) is 5.40. The van der Waals surface area contributed by atoms with Crippen molar-refractivity contribution in [2.24, 2.45) is 5.92 Å². The Balaban J connectivity index is 1.47. The lowest BCUT2D eigenvalue weighted by Gasteiger charge is -2.33. The van der Waals surface area contributed by atoms with Crippen LogP contribution in [-0.4, -0.2) is 69.8 Å². The fraction of sp³-hybridized carbons (Fsp3) is 0.368. The zero-order valence-corrected chi connectivity index (χ0v) is 18.3. The van der Waals surface area contributed by atoms with Crippen molar-refractivity contribution >= 4 is 37.5 Å². The molecule has 1 aromatic carbocycles. The summed E-state index contributed by atoms with van der Waals surface area (Å²) in [6.07, 6.45) is 1.40. The molecular weight excluding hydrogens is 446 g/mol. The van der Waals surface area contributed by atoms with E-state index in [0.717, 1.165) is 4.31 Å². The van der Waals surface area contributed by atoms with Crippen LogP contribution in [0.2, 0.25) is 0 Å². The first-order valence-electron chi connectivity index (χ1n) is 9.61. The first-order chi connectivity index (χ1) is 14.6. The van der Waals surface area contributed by atoms with Crippen LogP contribution in [0.15, 0.2) is 52.0 Å². The molecule has 31 heavy (non-hydrogen) atoms. The van der Waals surface area contributed by atoms with Gasteiger partial charge in [-0.3, -0.25) is 9.59 Å². The predicted octanol–water partition coefficient (Wildman–Crippen LogP) is 0.739. The van der Waals surface area contributed by atoms with Crippen molar-refractivity contribution in [3.05, 3.63) is 48.4 Å². The Morgan fingerprint density at radius 2 is 1.71 bits per heavy atom. The first-order valence-corrected chi connectivity index (χ1v) is 12.7. The van der Waals surface area contributed by atoms with E-state index < -0.39 is 31.9 Å². The van der Waals surface area contributed by atoms with Gasteiger partial charge in [0, 0.05) is 26.2 Å². The summed E-state index contributed by atoms with van der Waals surface area (Å²) in [4.78, 5) is 26.1. The Labute approximate surface area is 180 Å². The average Bonchev–Trinajstić information content (AvgIpc) is 3.34. The Morgan fingerprint density at radius 3 is 2.23 bits per heavy atom. The maximum Gasteiger partial charge on any atom is 0.289 e. The summed E-state index contributed by atoms with van der Waals surface area (Å²) < 4.78 is 57.5. The van der Waals surface area contributed by atoms with E-state index in [1.54, 1.807) is 12.1 Å². The molecule has 1 atom stereocenters. The van der Waals surface area contributed by atoms with Gasteiger partial charge in [0.15, 0.2) is 5.76 Å². The number of nitrogens with zero attached hydrogens (tertiary/aromatic N) is 3. The van der Waals surface area contributed by atoms with Gasteiger partial charge in [0.05, 0.1) is 28.5 Å². The average molecular weight is 468 g/mol. The number of carbonyl (C=O) groups excluding carboxylic acids is 2. The fourth-order valence-corrected chi connectivity index (χ4v) is 6.92. The van der Waals surface area contributed by atoms with E-state index in [2.05, 4.69) is 0 Å². The number of hydrogen-bond donors (Lipinski definition) is 0. The summed E-state index contributed by atoms with van der Waals surface area (Å²) >= 11 is 0. The van der Waals surface area contributed by atoms with Crippen LogP contribution in [0.3, 0.4) is 0 Å². The van der Waals surface area contributed by atoms with Crippen LogP contribution >= 0.6 is 0 Å². The first kappa shape index (κ1) is 21.5. The van der Waals surface area contributed by atoms with E-state index in [0.29, 0.717) is 0 Å². The molecule has 1 aromatic heterocycles. The second-order valence-electron chi connectivity index (χ2n) is 7.45. The van der Waals surface area contributed by atoms with Gasteiger partial charge in [-0.15, -0.1) is 0 Å². The lowest BCUT2D eigenvalue weighted by Crippen LogP contribution is -2.50. The molecule has 0 aliphatic carbocycles. The van der Waals surface area contributed by atoms with E-state index in [-0.39, 0.29) is 54.2 Å². The van der Waals surface area contributed by atoms with Crippen LogP contribution in [0.1, 0.15) is 17.5 Å². The molecule has 2 amide bonds. The summed E-state index contributed by atoms with van der Waals surface area (Å²) in [5.41, 5.74) is 0.113. The van der Waals surface area contributed by atoms with Gasteiger partial charge in [0.2, 0.25) is 26.0 Å². The Hall–Kier alpha value is -2.70. The molecule has 1 unspecified atom stereocenters. The summed E-state index contributed by atoms with van der Waals surface area (Å²) in [5, 5.41) is 0. The molecule has 2 aromatic rings. The van der Waals surface area contributed by atoms with Crippen molar-refractivity contribution in [1.82, 2.24) is 9.21 Å². The van der Waals surface area contributed by atoms with Gasteiger partial charge < -0.3 is 9.32 Å². The van der Waals surface area contributed by atoms with Crippen molar-refractivity contribution in [2.45, 2.75) is 11.8 Å². The third-order valence-corrected chi connectivity index (χ3v) is 9.11. The molecule has 3 heterocycles. The molecule has 2 saturated heterocycles. The SMILES string of the molecule is CC1CS(=O)(=O)N(c2ccc(S(=O)(=O)N3CCN(C(=O)c4ccco4)CC3)cc2)C1=O. The minimum absolute atomic E-state index is 0.0147. The molecule has 0 saturated carbocycles. The molecule has 12 heteroatoms. The number of carbonyl (C=O) groups is 2. The number of benzene rings is 1. The number of piperazine rings is 1. The highest BCUT2D eigenvalue weighted by Crippen LogP contribution is 2.29. The topological polar surface area (TPSA) is 125 Å². The van der Waals surface area contributed by atoms with Crippen LogP contribution in [0, 0.1) is 5.92 Å². The minimum atomic E-state index is -3.84. The third kappa shape index (κ3) is 3.86. The quantitative estimate of drug-likeness (QED) is 0.649. The largest absolute Gasteiger partial charge is 0.459 e. The second-order valence-corrected chi connectivity index (χ2v) is 11.2. The van der Waals surface area contributed by atoms with Crippen LogP contribution in [-0.2, 0) is 24.8 Å². The van der Waals surface area contributed by atoms with Crippen LogP contribution in [0.5, 0.6) is 0 Å². The van der Waals surface area contributed by atoms with Gasteiger partial charge >= 0.3 is 0 Å². The molecule has 10 nitrogen and oxygen atoms in total. The van der Waals surface area contributed by atoms with Crippen molar-refractivity contribution in [1.29, 1.82) is 0 Å². The van der Waals surface area contributed by atoms with Crippen LogP contribution < -0.4 is 4.31 Å². The standard InChI is InChI=1S/C19H21N3O7S2/c1-14-13-30(25,26)22(18(14)23)15-4-6-16(7-5-15)31(27,28)21-10-8-20(9-11-21)19(24)17-3-2-12-29-17/h2-7,12,14H,8-11,13H2,1H3. The smallest absolute Gasteiger partial charge is 0.289 e. The molecule has 2 aliphatic rings. The zero-order chi connectivity index (χ0) is 22.4. The maximum atomic E-state index is 13.0. The highest BCUT2D eigenvalue weighted by molar-refractivity contribution is 7.94. The van der Waals surface area contributed by atoms with Crippen LogP contribution in [0.25, 0.3) is 0 Å². The predicted molar refractivity (Wildman–Crippen MR) is 110 cm³/mol. The van der Waals surface area contributed by atoms with E-state index in [9.17, 15) is 26.4 Å². The number of rotatable bonds is 4. The number of furan rings is 1. The lowest BCUT2D eigenvalue weighted by atomic mass is 10.2. The summed E-state index contributed by atoms with van der Waals surface area (Å²) in [7, 11) is -7.60. The van der Waals surface area contributed by atoms with Gasteiger partial charge in [-0.25, -0.2) is 21.1 Å². The highest BCUT2D eigenvalue weighted by Gasteiger charge is 2.42. The molecule has 2 fully saturated rings. The van der Waals surface area contributed by atoms with E-state index in [1.807, 2.05) is 0 Å². The van der Waals surface area contributed by atoms with Crippen molar-refractivity contribution in [2.75, 3.05) is 36.2 Å². The van der Waals surface area contributed by atoms with Gasteiger partial charge in [-0.05, 0) is 36.4 Å². The molecule has 2 aliphatic heterocycles. The molecule has 0 bridgehead atoms. The third-order valence-electron chi connectivity index (χ3n) is 5.33. The normalized spacial score (nSPS) is 22.1. The number of amides is 2. The van der Waals surface area contributed by atoms with Crippen LogP contribution in [0.4, 0.5) is 5.69 Å². The van der Waals surface area contributed by atoms with Crippen molar-refractivity contribution < 1.29 is 30.8 Å². The van der Waals surface area contributed by atoms with E-state index in [1.165, 1.54) is 46.7 Å². The van der Waals surface area contributed by atoms with Crippen molar-refractivity contribution in [3.8, 4) is 0 Å². The van der Waals surface area contributed by atoms with E-state index in [4.69, 9.17) is 4.42 Å². The van der Waals surface area contributed by atoms with Crippen molar-refractivity contribution in [3.63, 3.8) is 0 Å². The Bertz CT molecular complexity index is 1200. The summed E-state index contributed by atoms with van der Waals surface area (Å²) in [5.74, 6) is -1.54. The highest BCUT2D eigenvalue weighted by atomic mass is 32.2. The van der Waals surface area contributed by atoms with Gasteiger partial charge in [-0.2, -0.15) is 4.31 Å². The molecular formula is C19H21N3O7S2. The van der Waals surface area contributed by atoms with E-state index >= 15 is 0 Å². The fourth-order valence-electron chi connectivity index (χ4n) is 3.68. The van der Waals surface area contributed by atoms with Gasteiger partial charge in [-0.1, -0.05) is 6.92 Å². The molecule has 166 valence electrons. The zero-order valence-electron chi connectivity index (χ0n) is 16.7. The van der Waals surface area contributed by atoms with Gasteiger partial charge in [0.1, 0.15) is 0 Å². The molecule has 4 rings (SSSR count). The minimum Gasteiger partial charge on any atom is -0.459 e. The molecule has 0 N–H and O–H groups in total. The number of anilines is 1. The molecule has 0 spiro atoms. The second kappa shape index (κ2) is 7.77. The Morgan fingerprint density at radius 1 is 1.06 bits per heavy atom. The molecule has 0 radical (unpaired) electrons. The number of sulfonamides is 2. The summed E-state index contributed by atoms with van der Waals surface area (Å²) in [6, 6.07) is 8.38. The maximum absolute atomic E-state index is 13.0. The summed E-state index contributed by atoms with van der Waals surface area (Å²) in [6.45, 7) is 2.21. The van der Waals surface area contributed by atoms with Gasteiger partial charge in [0.25, 0.3) is 5.91 Å². The monoisotopic (exact) mass is 467 g/mol. The number of hydrogen-bond acceptors (Lipinski definition) is 7. The lowest BCUT2D eigenvalue weighted by molar-refractivity contribution is -0.119.